The molecule has 0 radical (unpaired) electrons. The molecule has 0 bridgehead atoms. The molecule has 10 heteroatoms. The summed E-state index contributed by atoms with van der Waals surface area (Å²) in [5.41, 5.74) is 2.04. The Kier molecular flexibility index (Phi) is 2.76. The molecule has 1 N–H and O–H groups in total. The summed E-state index contributed by atoms with van der Waals surface area (Å²) in [6, 6.07) is 7.87. The molecule has 1 unspecified atom stereocenters. The number of para-hydroxylation sites is 1. The van der Waals surface area contributed by atoms with E-state index in [2.05, 4.69) is 15.3 Å². The Morgan fingerprint density at radius 3 is 2.96 bits per heavy atom. The minimum absolute atomic E-state index is 0.118. The minimum Gasteiger partial charge on any atom is -0.389 e. The second kappa shape index (κ2) is 4.97. The lowest BCUT2D eigenvalue weighted by Crippen LogP contribution is -2.52. The van der Waals surface area contributed by atoms with Crippen LogP contribution in [0.1, 0.15) is 30.3 Å². The molecule has 3 aliphatic heterocycles. The van der Waals surface area contributed by atoms with Crippen LogP contribution >= 0.6 is 0 Å². The molecule has 6 rings (SSSR count). The van der Waals surface area contributed by atoms with Gasteiger partial charge in [-0.1, -0.05) is 22.7 Å². The second-order valence-corrected chi connectivity index (χ2v) is 7.33. The monoisotopic (exact) mass is 368 g/mol. The molecule has 0 spiro atoms. The van der Waals surface area contributed by atoms with E-state index < -0.39 is 5.60 Å². The van der Waals surface area contributed by atoms with E-state index in [-0.39, 0.29) is 12.8 Å². The number of hydrogen-bond donors (Lipinski definition) is 1. The van der Waals surface area contributed by atoms with Crippen molar-refractivity contribution in [1.82, 2.24) is 25.2 Å². The maximum Gasteiger partial charge on any atom is 0.173 e. The molecule has 0 saturated heterocycles. The first-order chi connectivity index (χ1) is 13.1. The van der Waals surface area contributed by atoms with Crippen LogP contribution in [0.4, 0.5) is 10.2 Å². The third-order valence-corrected chi connectivity index (χ3v) is 5.44. The van der Waals surface area contributed by atoms with E-state index >= 15 is 0 Å². The molecule has 1 saturated carbocycles. The predicted molar refractivity (Wildman–Crippen MR) is 94.0 cm³/mol. The first kappa shape index (κ1) is 15.0. The molecule has 1 atom stereocenters. The summed E-state index contributed by atoms with van der Waals surface area (Å²) in [6.07, 6.45) is 6.49. The van der Waals surface area contributed by atoms with Gasteiger partial charge in [-0.25, -0.2) is 10.0 Å². The SMILES string of the molecule is OC1(Cc2cnnn2N2C=NC3c4ccccc4N4CN(F)C=C4N32)CC1. The third kappa shape index (κ3) is 2.10. The van der Waals surface area contributed by atoms with E-state index in [1.807, 2.05) is 34.2 Å². The zero-order valence-corrected chi connectivity index (χ0v) is 14.4. The molecular formula is C17H17FN8O. The lowest BCUT2D eigenvalue weighted by Gasteiger charge is -2.42. The van der Waals surface area contributed by atoms with Crippen molar-refractivity contribution in [3.63, 3.8) is 0 Å². The highest BCUT2D eigenvalue weighted by molar-refractivity contribution is 5.74. The van der Waals surface area contributed by atoms with Crippen molar-refractivity contribution in [2.24, 2.45) is 4.99 Å². The van der Waals surface area contributed by atoms with Crippen molar-refractivity contribution >= 4 is 12.0 Å². The number of aliphatic hydroxyl groups is 1. The van der Waals surface area contributed by atoms with Crippen molar-refractivity contribution in [3.05, 3.63) is 53.7 Å². The Morgan fingerprint density at radius 2 is 2.11 bits per heavy atom. The van der Waals surface area contributed by atoms with E-state index in [0.717, 1.165) is 29.8 Å². The Morgan fingerprint density at radius 1 is 1.26 bits per heavy atom. The minimum atomic E-state index is -0.668. The van der Waals surface area contributed by atoms with E-state index in [4.69, 9.17) is 0 Å². The van der Waals surface area contributed by atoms with Gasteiger partial charge in [0, 0.05) is 12.0 Å². The largest absolute Gasteiger partial charge is 0.389 e. The van der Waals surface area contributed by atoms with Gasteiger partial charge < -0.3 is 10.0 Å². The Balaban J connectivity index is 1.44. The number of aromatic nitrogens is 3. The first-order valence-corrected chi connectivity index (χ1v) is 8.88. The number of hydrogen-bond acceptors (Lipinski definition) is 8. The lowest BCUT2D eigenvalue weighted by atomic mass is 10.1. The van der Waals surface area contributed by atoms with Crippen molar-refractivity contribution in [2.75, 3.05) is 16.7 Å². The van der Waals surface area contributed by atoms with E-state index in [1.165, 1.54) is 6.20 Å². The topological polar surface area (TPSA) is 76.3 Å². The molecule has 4 aliphatic rings. The van der Waals surface area contributed by atoms with Crippen molar-refractivity contribution in [3.8, 4) is 0 Å². The molecule has 1 aliphatic carbocycles. The summed E-state index contributed by atoms with van der Waals surface area (Å²) in [7, 11) is 0. The van der Waals surface area contributed by atoms with Crippen LogP contribution < -0.4 is 10.0 Å². The van der Waals surface area contributed by atoms with Crippen LogP contribution in [0.2, 0.25) is 0 Å². The quantitative estimate of drug-likeness (QED) is 0.811. The summed E-state index contributed by atoms with van der Waals surface area (Å²) in [5.74, 6) is 0.672. The summed E-state index contributed by atoms with van der Waals surface area (Å²) >= 11 is 0. The highest BCUT2D eigenvalue weighted by atomic mass is 19.2. The smallest absolute Gasteiger partial charge is 0.173 e. The van der Waals surface area contributed by atoms with Crippen LogP contribution in [0, 0.1) is 0 Å². The average molecular weight is 368 g/mol. The summed E-state index contributed by atoms with van der Waals surface area (Å²) in [5, 5.41) is 22.8. The highest BCUT2D eigenvalue weighted by Gasteiger charge is 2.46. The second-order valence-electron chi connectivity index (χ2n) is 7.33. The van der Waals surface area contributed by atoms with Gasteiger partial charge in [-0.05, 0) is 24.1 Å². The van der Waals surface area contributed by atoms with Crippen molar-refractivity contribution in [2.45, 2.75) is 31.0 Å². The van der Waals surface area contributed by atoms with Gasteiger partial charge in [0.2, 0.25) is 0 Å². The van der Waals surface area contributed by atoms with Gasteiger partial charge in [-0.15, -0.1) is 9.89 Å². The molecule has 1 aromatic heterocycles. The van der Waals surface area contributed by atoms with Crippen LogP contribution in [-0.2, 0) is 6.42 Å². The van der Waals surface area contributed by atoms with Gasteiger partial charge in [0.15, 0.2) is 12.0 Å². The molecule has 1 aromatic carbocycles. The zero-order chi connectivity index (χ0) is 18.2. The number of hydrazine groups is 1. The van der Waals surface area contributed by atoms with E-state index in [1.54, 1.807) is 22.4 Å². The molecule has 2 aromatic rings. The fourth-order valence-electron chi connectivity index (χ4n) is 3.91. The van der Waals surface area contributed by atoms with Crippen LogP contribution in [0.15, 0.2) is 47.5 Å². The molecule has 4 heterocycles. The van der Waals surface area contributed by atoms with Gasteiger partial charge in [0.05, 0.1) is 29.4 Å². The highest BCUT2D eigenvalue weighted by Crippen LogP contribution is 2.45. The number of halogens is 1. The van der Waals surface area contributed by atoms with Crippen LogP contribution in [0.5, 0.6) is 0 Å². The van der Waals surface area contributed by atoms with Crippen LogP contribution in [-0.4, -0.2) is 48.9 Å². The van der Waals surface area contributed by atoms with Gasteiger partial charge in [-0.2, -0.15) is 10.2 Å². The molecule has 1 fully saturated rings. The third-order valence-electron chi connectivity index (χ3n) is 5.44. The molecule has 0 amide bonds. The molecule has 27 heavy (non-hydrogen) atoms. The van der Waals surface area contributed by atoms with Gasteiger partial charge in [0.25, 0.3) is 0 Å². The van der Waals surface area contributed by atoms with Gasteiger partial charge >= 0.3 is 0 Å². The number of benzene rings is 1. The fourth-order valence-corrected chi connectivity index (χ4v) is 3.91. The fraction of sp³-hybridized carbons (Fsp3) is 0.353. The maximum absolute atomic E-state index is 14.1. The molecule has 138 valence electrons. The number of fused-ring (bicyclic) bond motifs is 6. The van der Waals surface area contributed by atoms with Crippen LogP contribution in [0.25, 0.3) is 0 Å². The van der Waals surface area contributed by atoms with Crippen molar-refractivity contribution in [1.29, 1.82) is 0 Å². The Bertz CT molecular complexity index is 983. The summed E-state index contributed by atoms with van der Waals surface area (Å²) in [6.45, 7) is 0.118. The predicted octanol–water partition coefficient (Wildman–Crippen LogP) is 1.02. The number of aliphatic imine (C=N–C) groups is 1. The van der Waals surface area contributed by atoms with Gasteiger partial charge in [0.1, 0.15) is 13.0 Å². The van der Waals surface area contributed by atoms with E-state index in [9.17, 15) is 9.59 Å². The summed E-state index contributed by atoms with van der Waals surface area (Å²) in [4.78, 5) is 8.16. The number of rotatable bonds is 3. The zero-order valence-electron chi connectivity index (χ0n) is 14.4. The normalized spacial score (nSPS) is 24.1. The number of nitrogens with zero attached hydrogens (tertiary/aromatic N) is 8. The Labute approximate surface area is 154 Å². The molecule has 9 nitrogen and oxygen atoms in total. The van der Waals surface area contributed by atoms with Crippen LogP contribution in [0.3, 0.4) is 0 Å². The first-order valence-electron chi connectivity index (χ1n) is 8.88. The maximum atomic E-state index is 14.1. The standard InChI is InChI=1S/C17H17FN8O/c18-22-9-15-23(11-22)14-4-2-1-3-13(14)16-19-10-24(25(15)16)26-12(8-20-21-26)7-17(27)5-6-17/h1-4,8-10,16,27H,5-7,11H2. The Hall–Kier alpha value is -3.14. The number of anilines is 1. The average Bonchev–Trinajstić information content (AvgIpc) is 3.05. The van der Waals surface area contributed by atoms with Gasteiger partial charge in [-0.3, -0.25) is 0 Å². The lowest BCUT2D eigenvalue weighted by molar-refractivity contribution is 0.104. The van der Waals surface area contributed by atoms with E-state index in [0.29, 0.717) is 17.4 Å². The summed E-state index contributed by atoms with van der Waals surface area (Å²) < 4.78 is 14.1. The molecular weight excluding hydrogens is 351 g/mol. The van der Waals surface area contributed by atoms with Crippen molar-refractivity contribution < 1.29 is 9.59 Å².